The van der Waals surface area contributed by atoms with Gasteiger partial charge in [-0.2, -0.15) is 0 Å². The topological polar surface area (TPSA) is 42.9 Å². The van der Waals surface area contributed by atoms with Crippen molar-refractivity contribution in [3.8, 4) is 0 Å². The molecule has 0 fully saturated rings. The van der Waals surface area contributed by atoms with E-state index in [9.17, 15) is 4.79 Å². The Hall–Kier alpha value is -1.81. The minimum absolute atomic E-state index is 0.137. The van der Waals surface area contributed by atoms with E-state index in [1.54, 1.807) is 18.5 Å². The van der Waals surface area contributed by atoms with Gasteiger partial charge in [-0.15, -0.1) is 0 Å². The standard InChI is InChI=1S/C17H17BrN2O/c1-12(2)9-15-10-20-16(11-19-15)17(21)8-5-13-3-6-14(18)7-4-13/h3-8,10-12H,9H2,1-2H3/b8-5+. The molecule has 0 N–H and O–H groups in total. The van der Waals surface area contributed by atoms with Gasteiger partial charge in [0.15, 0.2) is 0 Å². The summed E-state index contributed by atoms with van der Waals surface area (Å²) in [5.74, 6) is 0.389. The molecule has 1 heterocycles. The first-order chi connectivity index (χ1) is 10.0. The molecule has 0 aliphatic heterocycles. The first kappa shape index (κ1) is 15.6. The zero-order valence-electron chi connectivity index (χ0n) is 12.1. The van der Waals surface area contributed by atoms with Crippen molar-refractivity contribution in [1.82, 2.24) is 9.97 Å². The highest BCUT2D eigenvalue weighted by atomic mass is 79.9. The van der Waals surface area contributed by atoms with E-state index in [-0.39, 0.29) is 5.78 Å². The Balaban J connectivity index is 2.04. The molecule has 0 saturated heterocycles. The number of aromatic nitrogens is 2. The molecule has 1 aromatic carbocycles. The molecule has 21 heavy (non-hydrogen) atoms. The van der Waals surface area contributed by atoms with Crippen molar-refractivity contribution in [3.05, 3.63) is 64.2 Å². The van der Waals surface area contributed by atoms with Crippen molar-refractivity contribution in [3.63, 3.8) is 0 Å². The minimum Gasteiger partial charge on any atom is -0.287 e. The average molecular weight is 345 g/mol. The number of hydrogen-bond acceptors (Lipinski definition) is 3. The highest BCUT2D eigenvalue weighted by molar-refractivity contribution is 9.10. The third-order valence-corrected chi connectivity index (χ3v) is 3.40. The molecule has 2 rings (SSSR count). The predicted molar refractivity (Wildman–Crippen MR) is 88.1 cm³/mol. The fraction of sp³-hybridized carbons (Fsp3) is 0.235. The monoisotopic (exact) mass is 344 g/mol. The summed E-state index contributed by atoms with van der Waals surface area (Å²) in [7, 11) is 0. The first-order valence-electron chi connectivity index (χ1n) is 6.83. The van der Waals surface area contributed by atoms with Crippen LogP contribution in [0.15, 0.2) is 47.2 Å². The normalized spacial score (nSPS) is 11.2. The second-order valence-corrected chi connectivity index (χ2v) is 6.16. The maximum absolute atomic E-state index is 12.0. The van der Waals surface area contributed by atoms with Gasteiger partial charge in [-0.3, -0.25) is 9.78 Å². The lowest BCUT2D eigenvalue weighted by molar-refractivity contribution is 0.104. The lowest BCUT2D eigenvalue weighted by atomic mass is 10.1. The molecule has 0 aliphatic carbocycles. The number of halogens is 1. The van der Waals surface area contributed by atoms with Gasteiger partial charge in [0.2, 0.25) is 5.78 Å². The highest BCUT2D eigenvalue weighted by Crippen LogP contribution is 2.12. The Kier molecular flexibility index (Phi) is 5.39. The summed E-state index contributed by atoms with van der Waals surface area (Å²) in [4.78, 5) is 20.5. The smallest absolute Gasteiger partial charge is 0.205 e. The van der Waals surface area contributed by atoms with Gasteiger partial charge in [-0.25, -0.2) is 4.98 Å². The second kappa shape index (κ2) is 7.27. The molecule has 108 valence electrons. The van der Waals surface area contributed by atoms with E-state index in [4.69, 9.17) is 0 Å². The molecule has 0 spiro atoms. The number of carbonyl (C=O) groups is 1. The number of nitrogens with zero attached hydrogens (tertiary/aromatic N) is 2. The molecule has 0 saturated carbocycles. The van der Waals surface area contributed by atoms with E-state index >= 15 is 0 Å². The summed E-state index contributed by atoms with van der Waals surface area (Å²) in [5, 5.41) is 0. The number of hydrogen-bond donors (Lipinski definition) is 0. The summed E-state index contributed by atoms with van der Waals surface area (Å²) in [6.07, 6.45) is 7.40. The molecule has 0 atom stereocenters. The SMILES string of the molecule is CC(C)Cc1cnc(C(=O)/C=C/c2ccc(Br)cc2)cn1. The number of benzene rings is 1. The van der Waals surface area contributed by atoms with Gasteiger partial charge >= 0.3 is 0 Å². The average Bonchev–Trinajstić information content (AvgIpc) is 2.46. The van der Waals surface area contributed by atoms with E-state index in [1.165, 1.54) is 6.08 Å². The minimum atomic E-state index is -0.137. The Morgan fingerprint density at radius 2 is 1.90 bits per heavy atom. The Morgan fingerprint density at radius 1 is 1.19 bits per heavy atom. The van der Waals surface area contributed by atoms with Crippen molar-refractivity contribution in [2.75, 3.05) is 0 Å². The van der Waals surface area contributed by atoms with Crippen LogP contribution in [0.1, 0.15) is 35.6 Å². The maximum Gasteiger partial charge on any atom is 0.205 e. The van der Waals surface area contributed by atoms with Crippen LogP contribution in [0.5, 0.6) is 0 Å². The molecule has 0 aliphatic rings. The zero-order chi connectivity index (χ0) is 15.2. The van der Waals surface area contributed by atoms with Crippen LogP contribution in [0.4, 0.5) is 0 Å². The number of rotatable bonds is 5. The fourth-order valence-corrected chi connectivity index (χ4v) is 2.10. The summed E-state index contributed by atoms with van der Waals surface area (Å²) < 4.78 is 1.01. The van der Waals surface area contributed by atoms with E-state index < -0.39 is 0 Å². The van der Waals surface area contributed by atoms with E-state index in [0.29, 0.717) is 11.6 Å². The molecule has 0 radical (unpaired) electrons. The van der Waals surface area contributed by atoms with Gasteiger partial charge in [-0.1, -0.05) is 48.0 Å². The van der Waals surface area contributed by atoms with Crippen molar-refractivity contribution < 1.29 is 4.79 Å². The van der Waals surface area contributed by atoms with Crippen LogP contribution in [0.2, 0.25) is 0 Å². The molecular formula is C17H17BrN2O. The lowest BCUT2D eigenvalue weighted by Crippen LogP contribution is -2.03. The van der Waals surface area contributed by atoms with Gasteiger partial charge in [0.1, 0.15) is 5.69 Å². The highest BCUT2D eigenvalue weighted by Gasteiger charge is 2.05. The summed E-state index contributed by atoms with van der Waals surface area (Å²) >= 11 is 3.38. The fourth-order valence-electron chi connectivity index (χ4n) is 1.84. The molecular weight excluding hydrogens is 328 g/mol. The van der Waals surface area contributed by atoms with Crippen molar-refractivity contribution in [2.24, 2.45) is 5.92 Å². The van der Waals surface area contributed by atoms with E-state index in [0.717, 1.165) is 22.2 Å². The maximum atomic E-state index is 12.0. The Bertz CT molecular complexity index is 631. The quantitative estimate of drug-likeness (QED) is 0.598. The van der Waals surface area contributed by atoms with Crippen LogP contribution in [-0.4, -0.2) is 15.8 Å². The van der Waals surface area contributed by atoms with Crippen molar-refractivity contribution >= 4 is 27.8 Å². The summed E-state index contributed by atoms with van der Waals surface area (Å²) in [6.45, 7) is 4.25. The van der Waals surface area contributed by atoms with Crippen molar-refractivity contribution in [2.45, 2.75) is 20.3 Å². The van der Waals surface area contributed by atoms with E-state index in [2.05, 4.69) is 39.7 Å². The van der Waals surface area contributed by atoms with Gasteiger partial charge in [0.05, 0.1) is 11.9 Å². The predicted octanol–water partition coefficient (Wildman–Crippen LogP) is 4.33. The van der Waals surface area contributed by atoms with Crippen LogP contribution in [0.3, 0.4) is 0 Å². The molecule has 0 unspecified atom stereocenters. The lowest BCUT2D eigenvalue weighted by Gasteiger charge is -2.03. The van der Waals surface area contributed by atoms with Crippen molar-refractivity contribution in [1.29, 1.82) is 0 Å². The molecule has 0 amide bonds. The molecule has 4 heteroatoms. The van der Waals surface area contributed by atoms with Crippen LogP contribution < -0.4 is 0 Å². The number of carbonyl (C=O) groups excluding carboxylic acids is 1. The third kappa shape index (κ3) is 4.90. The third-order valence-electron chi connectivity index (χ3n) is 2.87. The Morgan fingerprint density at radius 3 is 2.48 bits per heavy atom. The van der Waals surface area contributed by atoms with Gasteiger partial charge in [-0.05, 0) is 36.1 Å². The van der Waals surface area contributed by atoms with Crippen LogP contribution in [-0.2, 0) is 6.42 Å². The molecule has 0 bridgehead atoms. The van der Waals surface area contributed by atoms with E-state index in [1.807, 2.05) is 24.3 Å². The molecule has 2 aromatic rings. The van der Waals surface area contributed by atoms with Crippen LogP contribution in [0, 0.1) is 5.92 Å². The Labute approximate surface area is 133 Å². The number of ketones is 1. The first-order valence-corrected chi connectivity index (χ1v) is 7.63. The second-order valence-electron chi connectivity index (χ2n) is 5.24. The molecule has 1 aromatic heterocycles. The van der Waals surface area contributed by atoms with Gasteiger partial charge < -0.3 is 0 Å². The zero-order valence-corrected chi connectivity index (χ0v) is 13.7. The van der Waals surface area contributed by atoms with Crippen LogP contribution >= 0.6 is 15.9 Å². The van der Waals surface area contributed by atoms with Gasteiger partial charge in [0.25, 0.3) is 0 Å². The largest absolute Gasteiger partial charge is 0.287 e. The summed E-state index contributed by atoms with van der Waals surface area (Å²) in [6, 6.07) is 7.74. The molecule has 3 nitrogen and oxygen atoms in total. The van der Waals surface area contributed by atoms with Crippen LogP contribution in [0.25, 0.3) is 6.08 Å². The summed E-state index contributed by atoms with van der Waals surface area (Å²) in [5.41, 5.74) is 2.25. The number of allylic oxidation sites excluding steroid dienone is 1. The van der Waals surface area contributed by atoms with Gasteiger partial charge in [0, 0.05) is 10.7 Å².